The zero-order valence-corrected chi connectivity index (χ0v) is 19.0. The van der Waals surface area contributed by atoms with E-state index in [9.17, 15) is 14.4 Å². The maximum absolute atomic E-state index is 13.1. The summed E-state index contributed by atoms with van der Waals surface area (Å²) in [5, 5.41) is 10.4. The predicted octanol–water partition coefficient (Wildman–Crippen LogP) is 2.16. The average molecular weight is 458 g/mol. The largest absolute Gasteiger partial charge is 0.497 e. The summed E-state index contributed by atoms with van der Waals surface area (Å²) in [5.74, 6) is 1.82. The summed E-state index contributed by atoms with van der Waals surface area (Å²) in [6, 6.07) is 7.20. The molecule has 0 saturated carbocycles. The number of anilines is 2. The molecule has 9 nitrogen and oxygen atoms in total. The van der Waals surface area contributed by atoms with Gasteiger partial charge in [-0.2, -0.15) is 16.9 Å². The first-order valence-corrected chi connectivity index (χ1v) is 11.8. The van der Waals surface area contributed by atoms with Gasteiger partial charge < -0.3 is 20.3 Å². The molecule has 0 bridgehead atoms. The van der Waals surface area contributed by atoms with Gasteiger partial charge in [0, 0.05) is 42.3 Å². The number of thioether (sulfide) groups is 1. The van der Waals surface area contributed by atoms with Crippen LogP contribution in [-0.4, -0.2) is 47.7 Å². The van der Waals surface area contributed by atoms with E-state index in [2.05, 4.69) is 15.7 Å². The SMILES string of the molecule is CCCNC(=O)Cn1nc2c(c1NC(=O)C1CC(=O)N(c3ccc(OC)cc3)C1)CSC2. The van der Waals surface area contributed by atoms with E-state index in [0.717, 1.165) is 34.9 Å². The van der Waals surface area contributed by atoms with Crippen LogP contribution in [0.25, 0.3) is 0 Å². The number of ether oxygens (including phenoxy) is 1. The Kier molecular flexibility index (Phi) is 6.69. The second-order valence-corrected chi connectivity index (χ2v) is 8.85. The number of methoxy groups -OCH3 is 1. The summed E-state index contributed by atoms with van der Waals surface area (Å²) >= 11 is 1.73. The number of carbonyl (C=O) groups is 3. The molecule has 1 atom stereocenters. The fourth-order valence-corrected chi connectivity index (χ4v) is 4.93. The van der Waals surface area contributed by atoms with Crippen molar-refractivity contribution in [2.24, 2.45) is 5.92 Å². The smallest absolute Gasteiger partial charge is 0.241 e. The molecule has 0 aliphatic carbocycles. The van der Waals surface area contributed by atoms with Gasteiger partial charge in [0.05, 0.1) is 18.7 Å². The van der Waals surface area contributed by atoms with Crippen LogP contribution in [0, 0.1) is 5.92 Å². The van der Waals surface area contributed by atoms with Crippen LogP contribution < -0.4 is 20.3 Å². The van der Waals surface area contributed by atoms with Crippen LogP contribution in [0.3, 0.4) is 0 Å². The van der Waals surface area contributed by atoms with E-state index >= 15 is 0 Å². The Morgan fingerprint density at radius 2 is 2.03 bits per heavy atom. The lowest BCUT2D eigenvalue weighted by Crippen LogP contribution is -2.31. The van der Waals surface area contributed by atoms with Gasteiger partial charge in [-0.25, -0.2) is 4.68 Å². The Labute approximate surface area is 190 Å². The van der Waals surface area contributed by atoms with Crippen molar-refractivity contribution in [3.05, 3.63) is 35.5 Å². The number of fused-ring (bicyclic) bond motifs is 1. The lowest BCUT2D eigenvalue weighted by molar-refractivity contribution is -0.122. The quantitative estimate of drug-likeness (QED) is 0.629. The van der Waals surface area contributed by atoms with Crippen molar-refractivity contribution < 1.29 is 19.1 Å². The maximum Gasteiger partial charge on any atom is 0.241 e. The average Bonchev–Trinajstić information content (AvgIpc) is 3.49. The van der Waals surface area contributed by atoms with Crippen LogP contribution in [0.2, 0.25) is 0 Å². The van der Waals surface area contributed by atoms with Crippen molar-refractivity contribution in [2.75, 3.05) is 30.4 Å². The van der Waals surface area contributed by atoms with Crippen LogP contribution in [0.5, 0.6) is 5.75 Å². The molecule has 3 amide bonds. The monoisotopic (exact) mass is 457 g/mol. The molecule has 4 rings (SSSR count). The van der Waals surface area contributed by atoms with Gasteiger partial charge in [0.25, 0.3) is 0 Å². The van der Waals surface area contributed by atoms with Crippen molar-refractivity contribution in [1.82, 2.24) is 15.1 Å². The predicted molar refractivity (Wildman–Crippen MR) is 123 cm³/mol. The number of hydrogen-bond acceptors (Lipinski definition) is 6. The molecule has 32 heavy (non-hydrogen) atoms. The molecule has 2 aliphatic rings. The van der Waals surface area contributed by atoms with Gasteiger partial charge in [-0.05, 0) is 30.7 Å². The molecule has 3 heterocycles. The highest BCUT2D eigenvalue weighted by Crippen LogP contribution is 2.35. The summed E-state index contributed by atoms with van der Waals surface area (Å²) < 4.78 is 6.74. The van der Waals surface area contributed by atoms with Gasteiger partial charge in [0.2, 0.25) is 17.7 Å². The molecule has 1 unspecified atom stereocenters. The number of amides is 3. The molecule has 2 N–H and O–H groups in total. The van der Waals surface area contributed by atoms with Crippen molar-refractivity contribution in [1.29, 1.82) is 0 Å². The molecule has 1 saturated heterocycles. The molecular formula is C22H27N5O4S. The van der Waals surface area contributed by atoms with E-state index in [-0.39, 0.29) is 30.7 Å². The van der Waals surface area contributed by atoms with Gasteiger partial charge >= 0.3 is 0 Å². The van der Waals surface area contributed by atoms with Crippen molar-refractivity contribution in [3.8, 4) is 5.75 Å². The Bertz CT molecular complexity index is 1020. The van der Waals surface area contributed by atoms with Crippen LogP contribution in [0.1, 0.15) is 31.0 Å². The van der Waals surface area contributed by atoms with E-state index in [1.807, 2.05) is 19.1 Å². The van der Waals surface area contributed by atoms with E-state index in [1.54, 1.807) is 40.6 Å². The van der Waals surface area contributed by atoms with Gasteiger partial charge in [-0.3, -0.25) is 14.4 Å². The minimum Gasteiger partial charge on any atom is -0.497 e. The molecule has 1 fully saturated rings. The molecule has 0 radical (unpaired) electrons. The molecule has 0 spiro atoms. The second kappa shape index (κ2) is 9.64. The zero-order chi connectivity index (χ0) is 22.7. The van der Waals surface area contributed by atoms with E-state index in [1.165, 1.54) is 0 Å². The van der Waals surface area contributed by atoms with E-state index in [4.69, 9.17) is 4.74 Å². The molecule has 170 valence electrons. The Hall–Kier alpha value is -3.01. The maximum atomic E-state index is 13.1. The number of rotatable bonds is 8. The van der Waals surface area contributed by atoms with Gasteiger partial charge in [-0.15, -0.1) is 0 Å². The first-order valence-electron chi connectivity index (χ1n) is 10.7. The number of nitrogens with one attached hydrogen (secondary N) is 2. The fourth-order valence-electron chi connectivity index (χ4n) is 3.89. The Morgan fingerprint density at radius 3 is 2.75 bits per heavy atom. The molecule has 1 aromatic carbocycles. The van der Waals surface area contributed by atoms with Crippen molar-refractivity contribution in [2.45, 2.75) is 37.8 Å². The third-order valence-electron chi connectivity index (χ3n) is 5.61. The lowest BCUT2D eigenvalue weighted by atomic mass is 10.1. The highest BCUT2D eigenvalue weighted by atomic mass is 32.2. The van der Waals surface area contributed by atoms with E-state index in [0.29, 0.717) is 24.7 Å². The topological polar surface area (TPSA) is 106 Å². The Balaban J connectivity index is 1.46. The normalized spacial score (nSPS) is 17.4. The van der Waals surface area contributed by atoms with Gasteiger partial charge in [0.1, 0.15) is 18.1 Å². The molecule has 1 aromatic heterocycles. The van der Waals surface area contributed by atoms with Gasteiger partial charge in [0.15, 0.2) is 0 Å². The first-order chi connectivity index (χ1) is 15.5. The minimum absolute atomic E-state index is 0.0504. The summed E-state index contributed by atoms with van der Waals surface area (Å²) in [6.45, 7) is 2.94. The second-order valence-electron chi connectivity index (χ2n) is 7.87. The first kappa shape index (κ1) is 22.2. The van der Waals surface area contributed by atoms with Crippen LogP contribution in [0.15, 0.2) is 24.3 Å². The summed E-state index contributed by atoms with van der Waals surface area (Å²) in [4.78, 5) is 39.5. The number of hydrogen-bond donors (Lipinski definition) is 2. The molecule has 2 aliphatic heterocycles. The third-order valence-corrected chi connectivity index (χ3v) is 6.58. The van der Waals surface area contributed by atoms with Gasteiger partial charge in [-0.1, -0.05) is 6.92 Å². The number of benzene rings is 1. The minimum atomic E-state index is -0.480. The molecular weight excluding hydrogens is 430 g/mol. The summed E-state index contributed by atoms with van der Waals surface area (Å²) in [5.41, 5.74) is 2.60. The zero-order valence-electron chi connectivity index (χ0n) is 18.2. The number of aromatic nitrogens is 2. The standard InChI is InChI=1S/C22H27N5O4S/c1-3-8-23-19(28)11-27-21(17-12-32-13-18(17)25-27)24-22(30)14-9-20(29)26(10-14)15-4-6-16(31-2)7-5-15/h4-7,14H,3,8-13H2,1-2H3,(H,23,28)(H,24,30). The fraction of sp³-hybridized carbons (Fsp3) is 0.455. The molecule has 10 heteroatoms. The molecule has 2 aromatic rings. The van der Waals surface area contributed by atoms with Crippen LogP contribution in [-0.2, 0) is 32.4 Å². The number of nitrogens with zero attached hydrogens (tertiary/aromatic N) is 3. The summed E-state index contributed by atoms with van der Waals surface area (Å²) in [6.07, 6.45) is 0.988. The highest BCUT2D eigenvalue weighted by molar-refractivity contribution is 7.98. The van der Waals surface area contributed by atoms with Crippen molar-refractivity contribution >= 4 is 41.0 Å². The summed E-state index contributed by atoms with van der Waals surface area (Å²) in [7, 11) is 1.59. The third kappa shape index (κ3) is 4.59. The van der Waals surface area contributed by atoms with Crippen molar-refractivity contribution in [3.63, 3.8) is 0 Å². The van der Waals surface area contributed by atoms with E-state index < -0.39 is 5.92 Å². The van der Waals surface area contributed by atoms with Crippen LogP contribution in [0.4, 0.5) is 11.5 Å². The lowest BCUT2D eigenvalue weighted by Gasteiger charge is -2.17. The Morgan fingerprint density at radius 1 is 1.25 bits per heavy atom. The number of carbonyl (C=O) groups excluding carboxylic acids is 3. The van der Waals surface area contributed by atoms with Crippen LogP contribution >= 0.6 is 11.8 Å². The highest BCUT2D eigenvalue weighted by Gasteiger charge is 2.36.